The fourth-order valence-corrected chi connectivity index (χ4v) is 3.39. The van der Waals surface area contributed by atoms with Crippen molar-refractivity contribution in [2.45, 2.75) is 19.5 Å². The Kier molecular flexibility index (Phi) is 5.56. The number of imidazole rings is 1. The standard InChI is InChI=1S/C17H16Cl3N5O3/c1-8(9-4-5-10(18)11(19)6-9)21-12(26)7-25-13-14(22-16(25)20)23(2)17(28)24(3)15(13)27/h4-6,8H,7H2,1-3H3,(H,21,26). The Labute approximate surface area is 174 Å². The van der Waals surface area contributed by atoms with Crippen molar-refractivity contribution in [1.82, 2.24) is 24.0 Å². The van der Waals surface area contributed by atoms with Crippen LogP contribution in [0.5, 0.6) is 0 Å². The molecule has 1 aromatic carbocycles. The topological polar surface area (TPSA) is 90.9 Å². The second-order valence-corrected chi connectivity index (χ2v) is 7.46. The summed E-state index contributed by atoms with van der Waals surface area (Å²) in [6.07, 6.45) is 0. The molecule has 1 N–H and O–H groups in total. The number of nitrogens with zero attached hydrogens (tertiary/aromatic N) is 4. The molecule has 11 heteroatoms. The summed E-state index contributed by atoms with van der Waals surface area (Å²) in [4.78, 5) is 41.1. The molecular weight excluding hydrogens is 429 g/mol. The molecule has 2 heterocycles. The molecule has 3 aromatic rings. The van der Waals surface area contributed by atoms with Gasteiger partial charge in [-0.15, -0.1) is 0 Å². The molecule has 0 saturated carbocycles. The molecule has 0 aliphatic carbocycles. The molecule has 3 rings (SSSR count). The Hall–Kier alpha value is -2.29. The number of hydrogen-bond acceptors (Lipinski definition) is 4. The monoisotopic (exact) mass is 443 g/mol. The number of hydrogen-bond donors (Lipinski definition) is 1. The summed E-state index contributed by atoms with van der Waals surface area (Å²) in [7, 11) is 2.83. The third-order valence-electron chi connectivity index (χ3n) is 4.42. The van der Waals surface area contributed by atoms with E-state index in [1.54, 1.807) is 25.1 Å². The Morgan fingerprint density at radius 3 is 2.46 bits per heavy atom. The molecule has 0 radical (unpaired) electrons. The molecule has 0 aliphatic heterocycles. The molecule has 0 bridgehead atoms. The van der Waals surface area contributed by atoms with Crippen molar-refractivity contribution in [2.75, 3.05) is 0 Å². The van der Waals surface area contributed by atoms with Gasteiger partial charge < -0.3 is 5.32 Å². The number of halogens is 3. The Morgan fingerprint density at radius 2 is 1.82 bits per heavy atom. The van der Waals surface area contributed by atoms with Crippen LogP contribution in [0.4, 0.5) is 0 Å². The summed E-state index contributed by atoms with van der Waals surface area (Å²) in [5.74, 6) is -0.393. The van der Waals surface area contributed by atoms with Gasteiger partial charge in [-0.25, -0.2) is 4.79 Å². The van der Waals surface area contributed by atoms with Crippen molar-refractivity contribution in [3.8, 4) is 0 Å². The fourth-order valence-electron chi connectivity index (χ4n) is 2.86. The molecule has 0 saturated heterocycles. The molecule has 28 heavy (non-hydrogen) atoms. The number of nitrogens with one attached hydrogen (secondary N) is 1. The van der Waals surface area contributed by atoms with Crippen molar-refractivity contribution in [3.63, 3.8) is 0 Å². The zero-order chi connectivity index (χ0) is 20.7. The molecule has 1 amide bonds. The van der Waals surface area contributed by atoms with Crippen molar-refractivity contribution >= 4 is 51.9 Å². The molecule has 8 nitrogen and oxygen atoms in total. The third kappa shape index (κ3) is 3.55. The highest BCUT2D eigenvalue weighted by atomic mass is 35.5. The van der Waals surface area contributed by atoms with Gasteiger partial charge in [0.15, 0.2) is 11.2 Å². The number of aryl methyl sites for hydroxylation is 1. The lowest BCUT2D eigenvalue weighted by atomic mass is 10.1. The quantitative estimate of drug-likeness (QED) is 0.625. The van der Waals surface area contributed by atoms with Gasteiger partial charge >= 0.3 is 5.69 Å². The largest absolute Gasteiger partial charge is 0.348 e. The van der Waals surface area contributed by atoms with Crippen molar-refractivity contribution in [2.24, 2.45) is 14.1 Å². The van der Waals surface area contributed by atoms with Crippen LogP contribution in [0.2, 0.25) is 15.3 Å². The van der Waals surface area contributed by atoms with E-state index in [1.165, 1.54) is 23.2 Å². The number of aromatic nitrogens is 4. The van der Waals surface area contributed by atoms with E-state index in [9.17, 15) is 14.4 Å². The molecule has 0 spiro atoms. The number of rotatable bonds is 4. The first kappa shape index (κ1) is 20.4. The minimum absolute atomic E-state index is 0.0642. The highest BCUT2D eigenvalue weighted by molar-refractivity contribution is 6.42. The fraction of sp³-hybridized carbons (Fsp3) is 0.294. The van der Waals surface area contributed by atoms with E-state index in [0.717, 1.165) is 10.1 Å². The van der Waals surface area contributed by atoms with Gasteiger partial charge in [-0.1, -0.05) is 29.3 Å². The minimum atomic E-state index is -0.581. The summed E-state index contributed by atoms with van der Waals surface area (Å²) >= 11 is 18.1. The van der Waals surface area contributed by atoms with Crippen LogP contribution in [0.1, 0.15) is 18.5 Å². The molecule has 1 unspecified atom stereocenters. The van der Waals surface area contributed by atoms with Crippen LogP contribution < -0.4 is 16.6 Å². The molecule has 0 fully saturated rings. The van der Waals surface area contributed by atoms with E-state index >= 15 is 0 Å². The molecule has 0 aliphatic rings. The van der Waals surface area contributed by atoms with E-state index < -0.39 is 17.2 Å². The summed E-state index contributed by atoms with van der Waals surface area (Å²) in [6.45, 7) is 1.54. The number of fused-ring (bicyclic) bond motifs is 1. The van der Waals surface area contributed by atoms with E-state index in [-0.39, 0.29) is 29.0 Å². The van der Waals surface area contributed by atoms with Gasteiger partial charge in [-0.2, -0.15) is 4.98 Å². The maximum absolute atomic E-state index is 12.5. The SMILES string of the molecule is CC(NC(=O)Cn1c(Cl)nc2c1c(=O)n(C)c(=O)n2C)c1ccc(Cl)c(Cl)c1. The van der Waals surface area contributed by atoms with Gasteiger partial charge in [0.05, 0.1) is 16.1 Å². The van der Waals surface area contributed by atoms with Crippen molar-refractivity contribution < 1.29 is 4.79 Å². The number of benzene rings is 1. The van der Waals surface area contributed by atoms with Gasteiger partial charge in [-0.3, -0.25) is 23.3 Å². The van der Waals surface area contributed by atoms with Crippen LogP contribution in [0.25, 0.3) is 11.2 Å². The highest BCUT2D eigenvalue weighted by Gasteiger charge is 2.20. The summed E-state index contributed by atoms with van der Waals surface area (Å²) in [5.41, 5.74) is -0.155. The molecule has 1 atom stereocenters. The van der Waals surface area contributed by atoms with Crippen LogP contribution in [0.3, 0.4) is 0 Å². The first-order chi connectivity index (χ1) is 13.1. The second kappa shape index (κ2) is 7.62. The van der Waals surface area contributed by atoms with Crippen molar-refractivity contribution in [3.05, 3.63) is 59.9 Å². The summed E-state index contributed by atoms with van der Waals surface area (Å²) < 4.78 is 3.41. The van der Waals surface area contributed by atoms with E-state index in [4.69, 9.17) is 34.8 Å². The molecule has 2 aromatic heterocycles. The predicted molar refractivity (Wildman–Crippen MR) is 108 cm³/mol. The Morgan fingerprint density at radius 1 is 1.14 bits per heavy atom. The van der Waals surface area contributed by atoms with Gasteiger partial charge in [0, 0.05) is 14.1 Å². The van der Waals surface area contributed by atoms with Crippen LogP contribution in [-0.4, -0.2) is 24.6 Å². The van der Waals surface area contributed by atoms with Gasteiger partial charge in [0.1, 0.15) is 6.54 Å². The maximum atomic E-state index is 12.5. The van der Waals surface area contributed by atoms with E-state index in [0.29, 0.717) is 10.0 Å². The number of amides is 1. The average Bonchev–Trinajstić information content (AvgIpc) is 2.96. The molecule has 148 valence electrons. The zero-order valence-corrected chi connectivity index (χ0v) is 17.4. The third-order valence-corrected chi connectivity index (χ3v) is 5.45. The van der Waals surface area contributed by atoms with Crippen LogP contribution in [0, 0.1) is 0 Å². The van der Waals surface area contributed by atoms with Gasteiger partial charge in [0.2, 0.25) is 11.2 Å². The number of carbonyl (C=O) groups excluding carboxylic acids is 1. The van der Waals surface area contributed by atoms with Gasteiger partial charge in [-0.05, 0) is 36.2 Å². The number of carbonyl (C=O) groups is 1. The van der Waals surface area contributed by atoms with Gasteiger partial charge in [0.25, 0.3) is 5.56 Å². The average molecular weight is 445 g/mol. The first-order valence-electron chi connectivity index (χ1n) is 8.18. The Balaban J connectivity index is 1.91. The molecular formula is C17H16Cl3N5O3. The first-order valence-corrected chi connectivity index (χ1v) is 9.31. The predicted octanol–water partition coefficient (Wildman–Crippen LogP) is 2.27. The summed E-state index contributed by atoms with van der Waals surface area (Å²) in [6, 6.07) is 4.71. The van der Waals surface area contributed by atoms with E-state index in [2.05, 4.69) is 10.3 Å². The van der Waals surface area contributed by atoms with Crippen molar-refractivity contribution in [1.29, 1.82) is 0 Å². The zero-order valence-electron chi connectivity index (χ0n) is 15.2. The smallest absolute Gasteiger partial charge is 0.332 e. The lowest BCUT2D eigenvalue weighted by Crippen LogP contribution is -2.38. The maximum Gasteiger partial charge on any atom is 0.332 e. The lowest BCUT2D eigenvalue weighted by molar-refractivity contribution is -0.122. The lowest BCUT2D eigenvalue weighted by Gasteiger charge is -2.15. The van der Waals surface area contributed by atoms with Crippen LogP contribution in [0.15, 0.2) is 27.8 Å². The van der Waals surface area contributed by atoms with Crippen LogP contribution in [-0.2, 0) is 25.4 Å². The Bertz CT molecular complexity index is 1210. The highest BCUT2D eigenvalue weighted by Crippen LogP contribution is 2.25. The minimum Gasteiger partial charge on any atom is -0.348 e. The van der Waals surface area contributed by atoms with Crippen LogP contribution >= 0.6 is 34.8 Å². The summed E-state index contributed by atoms with van der Waals surface area (Å²) in [5, 5.41) is 3.54. The second-order valence-electron chi connectivity index (χ2n) is 6.31. The van der Waals surface area contributed by atoms with E-state index in [1.807, 2.05) is 0 Å². The normalized spacial score (nSPS) is 12.4.